The molecule has 35 heavy (non-hydrogen) atoms. The van der Waals surface area contributed by atoms with Gasteiger partial charge in [0, 0.05) is 21.3 Å². The molecule has 3 aromatic carbocycles. The van der Waals surface area contributed by atoms with Crippen LogP contribution in [0, 0.1) is 6.92 Å². The van der Waals surface area contributed by atoms with E-state index in [1.807, 2.05) is 26.0 Å². The Bertz CT molecular complexity index is 1260. The maximum absolute atomic E-state index is 12.6. The number of amides is 3. The van der Waals surface area contributed by atoms with E-state index in [9.17, 15) is 14.4 Å². The minimum atomic E-state index is -0.491. The highest BCUT2D eigenvalue weighted by Gasteiger charge is 2.15. The average Bonchev–Trinajstić information content (AvgIpc) is 2.84. The molecule has 0 aromatic heterocycles. The van der Waals surface area contributed by atoms with Gasteiger partial charge in [0.2, 0.25) is 0 Å². The molecule has 0 saturated heterocycles. The molecule has 0 aliphatic carbocycles. The summed E-state index contributed by atoms with van der Waals surface area (Å²) in [5.74, 6) is -0.799. The lowest BCUT2D eigenvalue weighted by molar-refractivity contribution is 0.0933. The van der Waals surface area contributed by atoms with Crippen molar-refractivity contribution in [3.05, 3.63) is 93.5 Å². The molecule has 0 spiro atoms. The molecule has 0 fully saturated rings. The summed E-state index contributed by atoms with van der Waals surface area (Å²) < 4.78 is 6.18. The number of nitrogens with one attached hydrogen (secondary N) is 4. The number of anilines is 1. The van der Waals surface area contributed by atoms with Crippen LogP contribution >= 0.6 is 28.1 Å². The second kappa shape index (κ2) is 12.1. The normalized spacial score (nSPS) is 10.1. The molecule has 0 saturated carbocycles. The quantitative estimate of drug-likeness (QED) is 0.266. The minimum absolute atomic E-state index is 0.0900. The van der Waals surface area contributed by atoms with Gasteiger partial charge in [0.15, 0.2) is 5.11 Å². The third kappa shape index (κ3) is 7.36. The molecule has 3 aromatic rings. The molecule has 0 heterocycles. The zero-order chi connectivity index (χ0) is 25.4. The summed E-state index contributed by atoms with van der Waals surface area (Å²) in [6.45, 7) is 4.12. The Morgan fingerprint density at radius 1 is 0.886 bits per heavy atom. The number of benzene rings is 3. The lowest BCUT2D eigenvalue weighted by Crippen LogP contribution is -2.48. The van der Waals surface area contributed by atoms with E-state index in [0.29, 0.717) is 39.2 Å². The van der Waals surface area contributed by atoms with Crippen LogP contribution in [0.25, 0.3) is 0 Å². The van der Waals surface area contributed by atoms with Crippen LogP contribution < -0.4 is 26.2 Å². The predicted octanol–water partition coefficient (Wildman–Crippen LogP) is 4.36. The third-order valence-electron chi connectivity index (χ3n) is 4.69. The largest absolute Gasteiger partial charge is 0.493 e. The van der Waals surface area contributed by atoms with Gasteiger partial charge in [-0.05, 0) is 80.7 Å². The number of carbonyl (C=O) groups is 3. The van der Waals surface area contributed by atoms with Crippen molar-refractivity contribution in [2.45, 2.75) is 13.8 Å². The Kier molecular flexibility index (Phi) is 8.93. The van der Waals surface area contributed by atoms with E-state index in [4.69, 9.17) is 17.0 Å². The highest BCUT2D eigenvalue weighted by molar-refractivity contribution is 9.10. The standard InChI is InChI=1S/C25H23BrN4O4S/c1-3-34-21-12-9-18(26)14-20(21)24(33)28-25(35)30-29-23(32)16-7-10-19(11-8-16)27-22(31)17-6-4-5-15(2)13-17/h4-14H,3H2,1-2H3,(H,27,31)(H,29,32)(H2,28,30,33,35). The van der Waals surface area contributed by atoms with E-state index in [0.717, 1.165) is 5.56 Å². The maximum Gasteiger partial charge on any atom is 0.269 e. The number of ether oxygens (including phenoxy) is 1. The number of hydrazine groups is 1. The van der Waals surface area contributed by atoms with Gasteiger partial charge in [0.05, 0.1) is 12.2 Å². The third-order valence-corrected chi connectivity index (χ3v) is 5.39. The van der Waals surface area contributed by atoms with E-state index in [2.05, 4.69) is 37.4 Å². The maximum atomic E-state index is 12.6. The number of hydrogen-bond acceptors (Lipinski definition) is 5. The number of thiocarbonyl (C=S) groups is 1. The van der Waals surface area contributed by atoms with Gasteiger partial charge >= 0.3 is 0 Å². The van der Waals surface area contributed by atoms with E-state index >= 15 is 0 Å². The summed E-state index contributed by atoms with van der Waals surface area (Å²) in [5, 5.41) is 5.20. The Morgan fingerprint density at radius 3 is 2.31 bits per heavy atom. The van der Waals surface area contributed by atoms with Gasteiger partial charge < -0.3 is 10.1 Å². The molecular weight excluding hydrogens is 532 g/mol. The van der Waals surface area contributed by atoms with E-state index in [1.165, 1.54) is 0 Å². The zero-order valence-corrected chi connectivity index (χ0v) is 21.4. The van der Waals surface area contributed by atoms with Crippen molar-refractivity contribution >= 4 is 56.7 Å². The van der Waals surface area contributed by atoms with Crippen molar-refractivity contribution in [2.24, 2.45) is 0 Å². The van der Waals surface area contributed by atoms with Gasteiger partial charge in [0.1, 0.15) is 5.75 Å². The summed E-state index contributed by atoms with van der Waals surface area (Å²) in [5.41, 5.74) is 7.61. The van der Waals surface area contributed by atoms with Crippen LogP contribution in [-0.2, 0) is 0 Å². The topological polar surface area (TPSA) is 109 Å². The van der Waals surface area contributed by atoms with E-state index in [1.54, 1.807) is 54.6 Å². The fourth-order valence-electron chi connectivity index (χ4n) is 3.04. The molecule has 0 unspecified atom stereocenters. The summed E-state index contributed by atoms with van der Waals surface area (Å²) in [6.07, 6.45) is 0. The highest BCUT2D eigenvalue weighted by Crippen LogP contribution is 2.23. The summed E-state index contributed by atoms with van der Waals surface area (Å²) >= 11 is 8.43. The SMILES string of the molecule is CCOc1ccc(Br)cc1C(=O)NC(=S)NNC(=O)c1ccc(NC(=O)c2cccc(C)c2)cc1. The molecule has 3 amide bonds. The Labute approximate surface area is 216 Å². The molecular formula is C25H23BrN4O4S. The van der Waals surface area contributed by atoms with Crippen molar-refractivity contribution in [1.82, 2.24) is 16.2 Å². The number of aryl methyl sites for hydroxylation is 1. The first-order valence-corrected chi connectivity index (χ1v) is 11.8. The van der Waals surface area contributed by atoms with Crippen LogP contribution in [0.1, 0.15) is 43.6 Å². The number of carbonyl (C=O) groups excluding carboxylic acids is 3. The van der Waals surface area contributed by atoms with Crippen molar-refractivity contribution < 1.29 is 19.1 Å². The van der Waals surface area contributed by atoms with Crippen molar-refractivity contribution in [3.8, 4) is 5.75 Å². The molecule has 10 heteroatoms. The lowest BCUT2D eigenvalue weighted by atomic mass is 10.1. The van der Waals surface area contributed by atoms with E-state index < -0.39 is 11.8 Å². The molecule has 4 N–H and O–H groups in total. The van der Waals surface area contributed by atoms with E-state index in [-0.39, 0.29) is 11.0 Å². The highest BCUT2D eigenvalue weighted by atomic mass is 79.9. The van der Waals surface area contributed by atoms with Crippen LogP contribution in [-0.4, -0.2) is 29.4 Å². The lowest BCUT2D eigenvalue weighted by Gasteiger charge is -2.13. The molecule has 0 aliphatic rings. The summed E-state index contributed by atoms with van der Waals surface area (Å²) in [7, 11) is 0. The van der Waals surface area contributed by atoms with Crippen molar-refractivity contribution in [2.75, 3.05) is 11.9 Å². The zero-order valence-electron chi connectivity index (χ0n) is 19.0. The number of hydrogen-bond donors (Lipinski definition) is 4. The van der Waals surface area contributed by atoms with Crippen LogP contribution in [0.4, 0.5) is 5.69 Å². The molecule has 0 bridgehead atoms. The first-order chi connectivity index (χ1) is 16.8. The van der Waals surface area contributed by atoms with Gasteiger partial charge in [-0.15, -0.1) is 0 Å². The Morgan fingerprint density at radius 2 is 1.63 bits per heavy atom. The van der Waals surface area contributed by atoms with Crippen LogP contribution in [0.5, 0.6) is 5.75 Å². The first-order valence-electron chi connectivity index (χ1n) is 10.6. The van der Waals surface area contributed by atoms with Gasteiger partial charge in [-0.1, -0.05) is 33.6 Å². The molecule has 0 atom stereocenters. The van der Waals surface area contributed by atoms with Crippen LogP contribution in [0.2, 0.25) is 0 Å². The first kappa shape index (κ1) is 25.9. The Balaban J connectivity index is 1.53. The second-order valence-corrected chi connectivity index (χ2v) is 8.66. The summed E-state index contributed by atoms with van der Waals surface area (Å²) in [4.78, 5) is 37.4. The smallest absolute Gasteiger partial charge is 0.269 e. The Hall–Kier alpha value is -3.76. The fraction of sp³-hybridized carbons (Fsp3) is 0.120. The van der Waals surface area contributed by atoms with Gasteiger partial charge in [-0.2, -0.15) is 0 Å². The second-order valence-electron chi connectivity index (χ2n) is 7.34. The summed E-state index contributed by atoms with van der Waals surface area (Å²) in [6, 6.07) is 18.6. The van der Waals surface area contributed by atoms with Gasteiger partial charge in [0.25, 0.3) is 17.7 Å². The number of rotatable bonds is 6. The number of halogens is 1. The van der Waals surface area contributed by atoms with Crippen LogP contribution in [0.3, 0.4) is 0 Å². The fourth-order valence-corrected chi connectivity index (χ4v) is 3.55. The van der Waals surface area contributed by atoms with Gasteiger partial charge in [-0.25, -0.2) is 0 Å². The molecule has 8 nitrogen and oxygen atoms in total. The molecule has 0 radical (unpaired) electrons. The monoisotopic (exact) mass is 554 g/mol. The van der Waals surface area contributed by atoms with Crippen molar-refractivity contribution in [1.29, 1.82) is 0 Å². The molecule has 3 rings (SSSR count). The predicted molar refractivity (Wildman–Crippen MR) is 142 cm³/mol. The van der Waals surface area contributed by atoms with Crippen molar-refractivity contribution in [3.63, 3.8) is 0 Å². The average molecular weight is 555 g/mol. The molecule has 0 aliphatic heterocycles. The van der Waals surface area contributed by atoms with Crippen LogP contribution in [0.15, 0.2) is 71.2 Å². The minimum Gasteiger partial charge on any atom is -0.493 e. The molecule has 180 valence electrons. The van der Waals surface area contributed by atoms with Gasteiger partial charge in [-0.3, -0.25) is 30.6 Å².